The third-order valence-electron chi connectivity index (χ3n) is 1.55. The Hall–Kier alpha value is -1.03. The molecule has 4 heteroatoms. The molecule has 71 valence electrons. The summed E-state index contributed by atoms with van der Waals surface area (Å²) >= 11 is 0. The van der Waals surface area contributed by atoms with E-state index < -0.39 is 23.6 Å². The predicted molar refractivity (Wildman–Crippen MR) is 41.4 cm³/mol. The fraction of sp³-hybridized carbons (Fsp3) is 0.222. The van der Waals surface area contributed by atoms with Crippen molar-refractivity contribution in [3.63, 3.8) is 0 Å². The van der Waals surface area contributed by atoms with Crippen molar-refractivity contribution in [2.75, 3.05) is 0 Å². The second-order valence-corrected chi connectivity index (χ2v) is 2.71. The Balaban J connectivity index is 3.06. The maximum absolute atomic E-state index is 12.9. The molecule has 1 atom stereocenters. The van der Waals surface area contributed by atoms with Gasteiger partial charge in [0.15, 0.2) is 0 Å². The molecular formula is C9H8F3O. The van der Waals surface area contributed by atoms with Crippen molar-refractivity contribution in [1.82, 2.24) is 0 Å². The summed E-state index contributed by atoms with van der Waals surface area (Å²) in [5.74, 6) is -2.97. The molecule has 0 aliphatic heterocycles. The van der Waals surface area contributed by atoms with E-state index in [1.165, 1.54) is 0 Å². The van der Waals surface area contributed by atoms with Gasteiger partial charge in [-0.3, -0.25) is 0 Å². The maximum Gasteiger partial charge on any atom is 0.132 e. The summed E-state index contributed by atoms with van der Waals surface area (Å²) in [7, 11) is 0. The minimum absolute atomic E-state index is 0.266. The molecule has 1 N–H and O–H groups in total. The summed E-state index contributed by atoms with van der Waals surface area (Å²) in [6.07, 6.45) is -1.37. The van der Waals surface area contributed by atoms with Gasteiger partial charge < -0.3 is 5.11 Å². The molecular weight excluding hydrogens is 181 g/mol. The lowest BCUT2D eigenvalue weighted by Gasteiger charge is -2.06. The average Bonchev–Trinajstić information content (AvgIpc) is 1.96. The first-order valence-electron chi connectivity index (χ1n) is 3.65. The van der Waals surface area contributed by atoms with Crippen LogP contribution < -0.4 is 0 Å². The van der Waals surface area contributed by atoms with Gasteiger partial charge in [0.1, 0.15) is 17.5 Å². The molecule has 0 fully saturated rings. The van der Waals surface area contributed by atoms with Crippen LogP contribution in [0.5, 0.6) is 0 Å². The van der Waals surface area contributed by atoms with Gasteiger partial charge in [-0.2, -0.15) is 0 Å². The molecule has 1 unspecified atom stereocenters. The van der Waals surface area contributed by atoms with E-state index in [0.717, 1.165) is 0 Å². The van der Waals surface area contributed by atoms with Gasteiger partial charge in [0, 0.05) is 24.1 Å². The molecule has 0 saturated carbocycles. The second kappa shape index (κ2) is 3.79. The highest BCUT2D eigenvalue weighted by atomic mass is 19.1. The number of aliphatic hydroxyl groups excluding tert-OH is 1. The van der Waals surface area contributed by atoms with E-state index in [2.05, 4.69) is 6.92 Å². The van der Waals surface area contributed by atoms with Crippen LogP contribution in [-0.4, -0.2) is 11.2 Å². The maximum atomic E-state index is 12.9. The Morgan fingerprint density at radius 2 is 1.69 bits per heavy atom. The molecule has 1 nitrogen and oxygen atoms in total. The van der Waals surface area contributed by atoms with Gasteiger partial charge in [0.05, 0.1) is 6.10 Å². The van der Waals surface area contributed by atoms with E-state index in [9.17, 15) is 13.2 Å². The van der Waals surface area contributed by atoms with E-state index in [1.54, 1.807) is 0 Å². The summed E-state index contributed by atoms with van der Waals surface area (Å²) in [5.41, 5.74) is -0.344. The predicted octanol–water partition coefficient (Wildman–Crippen LogP) is 1.84. The molecule has 1 aromatic carbocycles. The van der Waals surface area contributed by atoms with Crippen LogP contribution in [0.15, 0.2) is 12.1 Å². The van der Waals surface area contributed by atoms with Crippen molar-refractivity contribution in [3.05, 3.63) is 42.1 Å². The van der Waals surface area contributed by atoms with Gasteiger partial charge in [-0.15, -0.1) is 0 Å². The number of hydrogen-bond acceptors (Lipinski definition) is 1. The molecule has 0 aliphatic rings. The molecule has 1 aromatic rings. The van der Waals surface area contributed by atoms with Crippen molar-refractivity contribution < 1.29 is 18.3 Å². The molecule has 0 spiro atoms. The molecule has 0 bridgehead atoms. The first-order chi connectivity index (χ1) is 6.00. The van der Waals surface area contributed by atoms with Crippen LogP contribution in [0.4, 0.5) is 13.2 Å². The van der Waals surface area contributed by atoms with Crippen LogP contribution in [0.1, 0.15) is 5.56 Å². The number of rotatable bonds is 2. The zero-order valence-electron chi connectivity index (χ0n) is 6.73. The Bertz CT molecular complexity index is 287. The third-order valence-corrected chi connectivity index (χ3v) is 1.55. The summed E-state index contributed by atoms with van der Waals surface area (Å²) in [6, 6.07) is 1.14. The van der Waals surface area contributed by atoms with Crippen LogP contribution in [0.25, 0.3) is 0 Å². The van der Waals surface area contributed by atoms with E-state index in [1.807, 2.05) is 0 Å². The lowest BCUT2D eigenvalue weighted by Crippen LogP contribution is -2.09. The minimum Gasteiger partial charge on any atom is -0.393 e. The van der Waals surface area contributed by atoms with E-state index in [-0.39, 0.29) is 12.0 Å². The normalized spacial score (nSPS) is 13.0. The second-order valence-electron chi connectivity index (χ2n) is 2.71. The SMILES string of the molecule is [CH2]C(O)Cc1c(F)cc(F)cc1F. The Morgan fingerprint density at radius 1 is 1.23 bits per heavy atom. The molecule has 0 amide bonds. The van der Waals surface area contributed by atoms with Crippen LogP contribution in [0.2, 0.25) is 0 Å². The van der Waals surface area contributed by atoms with E-state index in [0.29, 0.717) is 12.1 Å². The summed E-state index contributed by atoms with van der Waals surface area (Å²) < 4.78 is 38.1. The van der Waals surface area contributed by atoms with Gasteiger partial charge in [0.2, 0.25) is 0 Å². The minimum atomic E-state index is -1.10. The van der Waals surface area contributed by atoms with E-state index in [4.69, 9.17) is 5.11 Å². The topological polar surface area (TPSA) is 20.2 Å². The summed E-state index contributed by atoms with van der Waals surface area (Å²) in [5, 5.41) is 8.79. The van der Waals surface area contributed by atoms with Gasteiger partial charge in [-0.1, -0.05) is 0 Å². The van der Waals surface area contributed by atoms with Crippen molar-refractivity contribution in [1.29, 1.82) is 0 Å². The Kier molecular flexibility index (Phi) is 2.93. The first-order valence-corrected chi connectivity index (χ1v) is 3.65. The van der Waals surface area contributed by atoms with Crippen LogP contribution in [-0.2, 0) is 6.42 Å². The van der Waals surface area contributed by atoms with Crippen LogP contribution in [0.3, 0.4) is 0 Å². The largest absolute Gasteiger partial charge is 0.393 e. The Morgan fingerprint density at radius 3 is 2.08 bits per heavy atom. The standard InChI is InChI=1S/C9H8F3O/c1-5(13)2-7-8(11)3-6(10)4-9(7)12/h3-5,13H,1-2H2. The van der Waals surface area contributed by atoms with Crippen LogP contribution in [0, 0.1) is 24.4 Å². The van der Waals surface area contributed by atoms with Crippen molar-refractivity contribution >= 4 is 0 Å². The van der Waals surface area contributed by atoms with Gasteiger partial charge >= 0.3 is 0 Å². The lowest BCUT2D eigenvalue weighted by atomic mass is 10.1. The fourth-order valence-electron chi connectivity index (χ4n) is 1.00. The lowest BCUT2D eigenvalue weighted by molar-refractivity contribution is 0.218. The number of hydrogen-bond donors (Lipinski definition) is 1. The van der Waals surface area contributed by atoms with Crippen molar-refractivity contribution in [2.24, 2.45) is 0 Å². The quantitative estimate of drug-likeness (QED) is 0.752. The van der Waals surface area contributed by atoms with Gasteiger partial charge in [0.25, 0.3) is 0 Å². The number of aliphatic hydroxyl groups is 1. The highest BCUT2D eigenvalue weighted by molar-refractivity contribution is 5.21. The average molecular weight is 189 g/mol. The molecule has 0 saturated heterocycles. The molecule has 1 radical (unpaired) electrons. The summed E-state index contributed by atoms with van der Waals surface area (Å²) in [6.45, 7) is 3.17. The van der Waals surface area contributed by atoms with E-state index >= 15 is 0 Å². The van der Waals surface area contributed by atoms with Gasteiger partial charge in [-0.25, -0.2) is 13.2 Å². The van der Waals surface area contributed by atoms with Crippen molar-refractivity contribution in [2.45, 2.75) is 12.5 Å². The smallest absolute Gasteiger partial charge is 0.132 e. The molecule has 13 heavy (non-hydrogen) atoms. The van der Waals surface area contributed by atoms with Crippen molar-refractivity contribution in [3.8, 4) is 0 Å². The molecule has 0 aromatic heterocycles. The highest BCUT2D eigenvalue weighted by Gasteiger charge is 2.12. The van der Waals surface area contributed by atoms with Crippen LogP contribution >= 0.6 is 0 Å². The fourth-order valence-corrected chi connectivity index (χ4v) is 1.00. The first kappa shape index (κ1) is 10.1. The summed E-state index contributed by atoms with van der Waals surface area (Å²) in [4.78, 5) is 0. The zero-order chi connectivity index (χ0) is 10.0. The zero-order valence-corrected chi connectivity index (χ0v) is 6.73. The molecule has 0 heterocycles. The highest BCUT2D eigenvalue weighted by Crippen LogP contribution is 2.16. The number of benzene rings is 1. The monoisotopic (exact) mass is 189 g/mol. The van der Waals surface area contributed by atoms with Gasteiger partial charge in [-0.05, 0) is 6.92 Å². The number of halogens is 3. The molecule has 0 aliphatic carbocycles. The molecule has 1 rings (SSSR count). The Labute approximate surface area is 73.8 Å². The third kappa shape index (κ3) is 2.45.